The van der Waals surface area contributed by atoms with E-state index in [4.69, 9.17) is 9.47 Å². The molecular weight excluding hydrogens is 439 g/mol. The molecule has 0 aliphatic carbocycles. The van der Waals surface area contributed by atoms with Gasteiger partial charge in [-0.15, -0.1) is 0 Å². The van der Waals surface area contributed by atoms with Crippen molar-refractivity contribution in [3.05, 3.63) is 53.8 Å². The molecule has 0 saturated carbocycles. The standard InChI is InChI=1S/C22H27FN2O6S/c1-3-30-19-10-5-16(13-20(19)31-4-2)11-12-24-21(26)14-32(28,29)15-22(27)25-18-8-6-17(23)7-9-18/h5-10,13H,3-4,11-12,14-15H2,1-2H3,(H,24,26)(H,25,27). The van der Waals surface area contributed by atoms with E-state index in [1.165, 1.54) is 12.1 Å². The molecule has 2 N–H and O–H groups in total. The summed E-state index contributed by atoms with van der Waals surface area (Å²) in [7, 11) is -3.96. The number of amides is 2. The number of halogens is 1. The van der Waals surface area contributed by atoms with Gasteiger partial charge in [-0.25, -0.2) is 12.8 Å². The van der Waals surface area contributed by atoms with Crippen LogP contribution in [-0.4, -0.2) is 51.5 Å². The second kappa shape index (κ2) is 12.0. The van der Waals surface area contributed by atoms with Gasteiger partial charge in [-0.2, -0.15) is 0 Å². The molecule has 2 aromatic carbocycles. The van der Waals surface area contributed by atoms with E-state index in [-0.39, 0.29) is 12.2 Å². The maximum atomic E-state index is 12.9. The fourth-order valence-electron chi connectivity index (χ4n) is 2.83. The predicted molar refractivity (Wildman–Crippen MR) is 119 cm³/mol. The first-order valence-corrected chi connectivity index (χ1v) is 12.0. The summed E-state index contributed by atoms with van der Waals surface area (Å²) in [5.74, 6) is -2.41. The molecule has 0 saturated heterocycles. The monoisotopic (exact) mass is 466 g/mol. The van der Waals surface area contributed by atoms with Gasteiger partial charge < -0.3 is 20.1 Å². The Hall–Kier alpha value is -3.14. The average molecular weight is 467 g/mol. The highest BCUT2D eigenvalue weighted by Gasteiger charge is 2.21. The van der Waals surface area contributed by atoms with Crippen LogP contribution in [0.4, 0.5) is 10.1 Å². The number of carbonyl (C=O) groups excluding carboxylic acids is 2. The lowest BCUT2D eigenvalue weighted by Crippen LogP contribution is -2.35. The van der Waals surface area contributed by atoms with Crippen LogP contribution in [0.15, 0.2) is 42.5 Å². The molecule has 8 nitrogen and oxygen atoms in total. The van der Waals surface area contributed by atoms with Crippen LogP contribution in [0.2, 0.25) is 0 Å². The molecule has 0 fully saturated rings. The number of hydrogen-bond donors (Lipinski definition) is 2. The first kappa shape index (κ1) is 25.1. The summed E-state index contributed by atoms with van der Waals surface area (Å²) in [6, 6.07) is 10.3. The van der Waals surface area contributed by atoms with Gasteiger partial charge in [-0.05, 0) is 62.2 Å². The highest BCUT2D eigenvalue weighted by Crippen LogP contribution is 2.28. The summed E-state index contributed by atoms with van der Waals surface area (Å²) < 4.78 is 48.2. The average Bonchev–Trinajstić information content (AvgIpc) is 2.71. The SMILES string of the molecule is CCOc1ccc(CCNC(=O)CS(=O)(=O)CC(=O)Nc2ccc(F)cc2)cc1OCC. The van der Waals surface area contributed by atoms with Crippen molar-refractivity contribution >= 4 is 27.3 Å². The van der Waals surface area contributed by atoms with Gasteiger partial charge in [-0.1, -0.05) is 6.07 Å². The lowest BCUT2D eigenvalue weighted by molar-refractivity contribution is -0.118. The fraction of sp³-hybridized carbons (Fsp3) is 0.364. The van der Waals surface area contributed by atoms with Crippen LogP contribution in [0.5, 0.6) is 11.5 Å². The van der Waals surface area contributed by atoms with Crippen molar-refractivity contribution < 1.29 is 31.9 Å². The number of nitrogens with one attached hydrogen (secondary N) is 2. The molecular formula is C22H27FN2O6S. The largest absolute Gasteiger partial charge is 0.490 e. The number of rotatable bonds is 12. The summed E-state index contributed by atoms with van der Waals surface area (Å²) in [4.78, 5) is 23.9. The number of ether oxygens (including phenoxy) is 2. The fourth-order valence-corrected chi connectivity index (χ4v) is 3.90. The van der Waals surface area contributed by atoms with Crippen molar-refractivity contribution in [1.29, 1.82) is 0 Å². The minimum absolute atomic E-state index is 0.218. The third-order valence-electron chi connectivity index (χ3n) is 4.17. The zero-order valence-corrected chi connectivity index (χ0v) is 18.8. The molecule has 0 radical (unpaired) electrons. The van der Waals surface area contributed by atoms with Gasteiger partial charge in [0.25, 0.3) is 0 Å². The van der Waals surface area contributed by atoms with Crippen LogP contribution in [0, 0.1) is 5.82 Å². The van der Waals surface area contributed by atoms with Gasteiger partial charge in [0.1, 0.15) is 17.3 Å². The van der Waals surface area contributed by atoms with E-state index in [0.29, 0.717) is 31.1 Å². The summed E-state index contributed by atoms with van der Waals surface area (Å²) in [6.45, 7) is 4.94. The molecule has 32 heavy (non-hydrogen) atoms. The summed E-state index contributed by atoms with van der Waals surface area (Å²) in [5.41, 5.74) is 1.15. The van der Waals surface area contributed by atoms with Gasteiger partial charge in [0.15, 0.2) is 21.3 Å². The van der Waals surface area contributed by atoms with Crippen LogP contribution in [0.25, 0.3) is 0 Å². The van der Waals surface area contributed by atoms with Crippen LogP contribution >= 0.6 is 0 Å². The number of sulfone groups is 1. The topological polar surface area (TPSA) is 111 Å². The third-order valence-corrected chi connectivity index (χ3v) is 5.58. The van der Waals surface area contributed by atoms with Gasteiger partial charge in [0.05, 0.1) is 13.2 Å². The van der Waals surface area contributed by atoms with Gasteiger partial charge >= 0.3 is 0 Å². The van der Waals surface area contributed by atoms with E-state index in [2.05, 4.69) is 10.6 Å². The van der Waals surface area contributed by atoms with Gasteiger partial charge in [0, 0.05) is 12.2 Å². The Labute approximate surface area is 187 Å². The van der Waals surface area contributed by atoms with Gasteiger partial charge in [0.2, 0.25) is 11.8 Å². The molecule has 0 aliphatic rings. The van der Waals surface area contributed by atoms with E-state index in [1.54, 1.807) is 6.07 Å². The molecule has 2 rings (SSSR count). The maximum Gasteiger partial charge on any atom is 0.239 e. The zero-order chi connectivity index (χ0) is 23.6. The smallest absolute Gasteiger partial charge is 0.239 e. The van der Waals surface area contributed by atoms with Crippen molar-refractivity contribution in [2.75, 3.05) is 36.6 Å². The summed E-state index contributed by atoms with van der Waals surface area (Å²) in [6.07, 6.45) is 0.462. The second-order valence-electron chi connectivity index (χ2n) is 6.83. The number of anilines is 1. The van der Waals surface area contributed by atoms with E-state index in [9.17, 15) is 22.4 Å². The number of carbonyl (C=O) groups is 2. The lowest BCUT2D eigenvalue weighted by atomic mass is 10.1. The molecule has 2 amide bonds. The van der Waals surface area contributed by atoms with Crippen molar-refractivity contribution in [1.82, 2.24) is 5.32 Å². The molecule has 10 heteroatoms. The van der Waals surface area contributed by atoms with E-state index in [1.807, 2.05) is 26.0 Å². The first-order valence-electron chi connectivity index (χ1n) is 10.1. The van der Waals surface area contributed by atoms with Crippen molar-refractivity contribution in [3.8, 4) is 11.5 Å². The molecule has 0 heterocycles. The number of benzene rings is 2. The summed E-state index contributed by atoms with van der Waals surface area (Å²) in [5, 5.41) is 4.90. The van der Waals surface area contributed by atoms with E-state index < -0.39 is 39.0 Å². The normalized spacial score (nSPS) is 11.0. The molecule has 0 atom stereocenters. The third kappa shape index (κ3) is 8.54. The van der Waals surface area contributed by atoms with E-state index in [0.717, 1.165) is 17.7 Å². The molecule has 0 spiro atoms. The van der Waals surface area contributed by atoms with E-state index >= 15 is 0 Å². The first-order chi connectivity index (χ1) is 15.2. The Morgan fingerprint density at radius 2 is 1.53 bits per heavy atom. The summed E-state index contributed by atoms with van der Waals surface area (Å²) >= 11 is 0. The zero-order valence-electron chi connectivity index (χ0n) is 18.0. The number of hydrogen-bond acceptors (Lipinski definition) is 6. The van der Waals surface area contributed by atoms with Crippen molar-refractivity contribution in [2.24, 2.45) is 0 Å². The Kier molecular flexibility index (Phi) is 9.45. The Morgan fingerprint density at radius 1 is 0.906 bits per heavy atom. The molecule has 0 aliphatic heterocycles. The maximum absolute atomic E-state index is 12.9. The van der Waals surface area contributed by atoms with Gasteiger partial charge in [-0.3, -0.25) is 9.59 Å². The molecule has 0 bridgehead atoms. The van der Waals surface area contributed by atoms with Crippen LogP contribution in [0.1, 0.15) is 19.4 Å². The van der Waals surface area contributed by atoms with Crippen LogP contribution in [-0.2, 0) is 25.8 Å². The van der Waals surface area contributed by atoms with Crippen molar-refractivity contribution in [2.45, 2.75) is 20.3 Å². The molecule has 2 aromatic rings. The Morgan fingerprint density at radius 3 is 2.19 bits per heavy atom. The Balaban J connectivity index is 1.82. The minimum Gasteiger partial charge on any atom is -0.490 e. The lowest BCUT2D eigenvalue weighted by Gasteiger charge is -2.12. The molecule has 0 aromatic heterocycles. The quantitative estimate of drug-likeness (QED) is 0.497. The Bertz CT molecular complexity index is 1030. The second-order valence-corrected chi connectivity index (χ2v) is 8.90. The van der Waals surface area contributed by atoms with Crippen molar-refractivity contribution in [3.63, 3.8) is 0 Å². The highest BCUT2D eigenvalue weighted by atomic mass is 32.2. The van der Waals surface area contributed by atoms with Crippen LogP contribution in [0.3, 0.4) is 0 Å². The van der Waals surface area contributed by atoms with Crippen LogP contribution < -0.4 is 20.1 Å². The molecule has 0 unspecified atom stereocenters. The minimum atomic E-state index is -3.96. The molecule has 174 valence electrons. The predicted octanol–water partition coefficient (Wildman–Crippen LogP) is 2.34. The highest BCUT2D eigenvalue weighted by molar-refractivity contribution is 7.92.